The fraction of sp³-hybridized carbons (Fsp3) is 0.400. The number of primary amides is 1. The van der Waals surface area contributed by atoms with Crippen molar-refractivity contribution in [2.45, 2.75) is 25.4 Å². The number of aryl methyl sites for hydroxylation is 2. The number of nitrogens with two attached hydrogens (primary N) is 1. The van der Waals surface area contributed by atoms with Crippen LogP contribution in [0.15, 0.2) is 11.2 Å². The molecule has 0 radical (unpaired) electrons. The van der Waals surface area contributed by atoms with Gasteiger partial charge in [0.1, 0.15) is 5.82 Å². The van der Waals surface area contributed by atoms with Crippen LogP contribution < -0.4 is 5.73 Å². The highest BCUT2D eigenvalue weighted by molar-refractivity contribution is 7.99. The highest BCUT2D eigenvalue weighted by Gasteiger charge is 2.09. The number of aromatic nitrogens is 4. The molecule has 2 aromatic heterocycles. The molecule has 0 aliphatic rings. The highest BCUT2D eigenvalue weighted by Crippen LogP contribution is 2.19. The highest BCUT2D eigenvalue weighted by atomic mass is 32.2. The van der Waals surface area contributed by atoms with Crippen LogP contribution in [0.25, 0.3) is 5.65 Å². The fourth-order valence-electron chi connectivity index (χ4n) is 1.54. The van der Waals surface area contributed by atoms with Crippen molar-refractivity contribution in [2.24, 2.45) is 5.73 Å². The van der Waals surface area contributed by atoms with Gasteiger partial charge in [0.05, 0.1) is 0 Å². The van der Waals surface area contributed by atoms with Gasteiger partial charge in [-0.05, 0) is 13.8 Å². The van der Waals surface area contributed by atoms with Gasteiger partial charge in [0.2, 0.25) is 5.91 Å². The lowest BCUT2D eigenvalue weighted by atomic mass is 10.4. The third-order valence-corrected chi connectivity index (χ3v) is 3.17. The molecule has 0 spiro atoms. The summed E-state index contributed by atoms with van der Waals surface area (Å²) in [5.74, 6) is 1.13. The molecule has 0 saturated carbocycles. The molecular formula is C10H13N5OS. The minimum absolute atomic E-state index is 0.308. The minimum Gasteiger partial charge on any atom is -0.370 e. The molecule has 0 aliphatic carbocycles. The maximum absolute atomic E-state index is 10.7. The van der Waals surface area contributed by atoms with Crippen LogP contribution in [0.1, 0.15) is 17.9 Å². The van der Waals surface area contributed by atoms with Crippen molar-refractivity contribution < 1.29 is 4.79 Å². The minimum atomic E-state index is -0.308. The van der Waals surface area contributed by atoms with Crippen molar-refractivity contribution in [3.63, 3.8) is 0 Å². The van der Waals surface area contributed by atoms with Crippen molar-refractivity contribution in [1.29, 1.82) is 0 Å². The normalized spacial score (nSPS) is 10.9. The first-order chi connectivity index (χ1) is 8.08. The molecule has 17 heavy (non-hydrogen) atoms. The first-order valence-electron chi connectivity index (χ1n) is 5.18. The third kappa shape index (κ3) is 2.55. The average molecular weight is 251 g/mol. The van der Waals surface area contributed by atoms with Crippen LogP contribution >= 0.6 is 11.8 Å². The van der Waals surface area contributed by atoms with E-state index in [0.29, 0.717) is 12.2 Å². The Bertz CT molecular complexity index is 565. The molecule has 0 fully saturated rings. The molecular weight excluding hydrogens is 238 g/mol. The van der Waals surface area contributed by atoms with Crippen LogP contribution in [-0.4, -0.2) is 31.2 Å². The van der Waals surface area contributed by atoms with Crippen molar-refractivity contribution in [3.8, 4) is 0 Å². The molecule has 0 unspecified atom stereocenters. The molecule has 0 aromatic carbocycles. The van der Waals surface area contributed by atoms with Crippen molar-refractivity contribution in [3.05, 3.63) is 17.6 Å². The molecule has 90 valence electrons. The smallest absolute Gasteiger partial charge is 0.218 e. The summed E-state index contributed by atoms with van der Waals surface area (Å²) in [4.78, 5) is 15.0. The molecule has 1 amide bonds. The van der Waals surface area contributed by atoms with Crippen molar-refractivity contribution in [2.75, 3.05) is 5.75 Å². The Morgan fingerprint density at radius 3 is 2.94 bits per heavy atom. The van der Waals surface area contributed by atoms with E-state index < -0.39 is 0 Å². The van der Waals surface area contributed by atoms with Gasteiger partial charge in [-0.3, -0.25) is 9.20 Å². The van der Waals surface area contributed by atoms with Crippen LogP contribution in [0.3, 0.4) is 0 Å². The van der Waals surface area contributed by atoms with Crippen LogP contribution in [-0.2, 0) is 4.79 Å². The number of hydrogen-bond donors (Lipinski definition) is 1. The Balaban J connectivity index is 2.26. The Morgan fingerprint density at radius 2 is 2.24 bits per heavy atom. The molecule has 7 heteroatoms. The quantitative estimate of drug-likeness (QED) is 0.809. The summed E-state index contributed by atoms with van der Waals surface area (Å²) in [5, 5.41) is 8.89. The number of hydrogen-bond acceptors (Lipinski definition) is 5. The zero-order valence-corrected chi connectivity index (χ0v) is 10.5. The van der Waals surface area contributed by atoms with Gasteiger partial charge < -0.3 is 5.73 Å². The molecule has 0 aliphatic heterocycles. The fourth-order valence-corrected chi connectivity index (χ4v) is 2.48. The summed E-state index contributed by atoms with van der Waals surface area (Å²) in [5.41, 5.74) is 6.77. The molecule has 2 aromatic rings. The zero-order valence-electron chi connectivity index (χ0n) is 9.67. The number of carbonyl (C=O) groups is 1. The summed E-state index contributed by atoms with van der Waals surface area (Å²) in [7, 11) is 0. The maximum Gasteiger partial charge on any atom is 0.218 e. The lowest BCUT2D eigenvalue weighted by Gasteiger charge is -2.03. The van der Waals surface area contributed by atoms with Gasteiger partial charge >= 0.3 is 0 Å². The van der Waals surface area contributed by atoms with Gasteiger partial charge in [-0.1, -0.05) is 11.8 Å². The van der Waals surface area contributed by atoms with E-state index >= 15 is 0 Å². The van der Waals surface area contributed by atoms with Gasteiger partial charge in [0.15, 0.2) is 10.8 Å². The molecule has 0 bridgehead atoms. The topological polar surface area (TPSA) is 86.2 Å². The predicted molar refractivity (Wildman–Crippen MR) is 64.8 cm³/mol. The molecule has 0 saturated heterocycles. The van der Waals surface area contributed by atoms with Crippen LogP contribution in [0, 0.1) is 13.8 Å². The molecule has 2 rings (SSSR count). The van der Waals surface area contributed by atoms with E-state index in [2.05, 4.69) is 15.2 Å². The Kier molecular flexibility index (Phi) is 3.28. The van der Waals surface area contributed by atoms with E-state index in [1.807, 2.05) is 24.3 Å². The first kappa shape index (κ1) is 11.8. The first-order valence-corrected chi connectivity index (χ1v) is 6.17. The van der Waals surface area contributed by atoms with Gasteiger partial charge in [0.25, 0.3) is 0 Å². The van der Waals surface area contributed by atoms with Gasteiger partial charge in [-0.2, -0.15) is 0 Å². The van der Waals surface area contributed by atoms with E-state index in [-0.39, 0.29) is 5.91 Å². The van der Waals surface area contributed by atoms with Crippen LogP contribution in [0.5, 0.6) is 0 Å². The van der Waals surface area contributed by atoms with E-state index in [0.717, 1.165) is 22.3 Å². The van der Waals surface area contributed by atoms with Gasteiger partial charge in [-0.15, -0.1) is 10.2 Å². The number of thioether (sulfide) groups is 1. The summed E-state index contributed by atoms with van der Waals surface area (Å²) in [6.45, 7) is 3.82. The Morgan fingerprint density at radius 1 is 1.47 bits per heavy atom. The predicted octanol–water partition coefficient (Wildman–Crippen LogP) is 0.709. The summed E-state index contributed by atoms with van der Waals surface area (Å²) in [6, 6.07) is 1.87. The monoisotopic (exact) mass is 251 g/mol. The summed E-state index contributed by atoms with van der Waals surface area (Å²) >= 11 is 1.45. The summed E-state index contributed by atoms with van der Waals surface area (Å²) < 4.78 is 1.87. The largest absolute Gasteiger partial charge is 0.370 e. The lowest BCUT2D eigenvalue weighted by Crippen LogP contribution is -2.11. The van der Waals surface area contributed by atoms with Crippen molar-refractivity contribution >= 4 is 23.3 Å². The molecule has 6 nitrogen and oxygen atoms in total. The van der Waals surface area contributed by atoms with Crippen LogP contribution in [0.4, 0.5) is 0 Å². The number of carbonyl (C=O) groups excluding carboxylic acids is 1. The average Bonchev–Trinajstić information content (AvgIpc) is 2.60. The second-order valence-corrected chi connectivity index (χ2v) is 4.75. The van der Waals surface area contributed by atoms with Gasteiger partial charge in [-0.25, -0.2) is 4.98 Å². The second-order valence-electron chi connectivity index (χ2n) is 3.69. The third-order valence-electron chi connectivity index (χ3n) is 2.24. The standard InChI is InChI=1S/C10H13N5OS/c1-6-5-9-13-14-10(15(9)7(2)12-6)17-4-3-8(11)16/h5H,3-4H2,1-2H3,(H2,11,16). The van der Waals surface area contributed by atoms with Crippen molar-refractivity contribution in [1.82, 2.24) is 19.6 Å². The van der Waals surface area contributed by atoms with E-state index in [1.165, 1.54) is 11.8 Å². The molecule has 2 N–H and O–H groups in total. The van der Waals surface area contributed by atoms with Crippen LogP contribution in [0.2, 0.25) is 0 Å². The summed E-state index contributed by atoms with van der Waals surface area (Å²) in [6.07, 6.45) is 0.331. The van der Waals surface area contributed by atoms with E-state index in [1.54, 1.807) is 0 Å². The Hall–Kier alpha value is -1.63. The number of nitrogens with zero attached hydrogens (tertiary/aromatic N) is 4. The number of amides is 1. The SMILES string of the molecule is Cc1cc2nnc(SCCC(N)=O)n2c(C)n1. The second kappa shape index (κ2) is 4.70. The zero-order chi connectivity index (χ0) is 12.4. The molecule has 0 atom stereocenters. The maximum atomic E-state index is 10.7. The molecule has 2 heterocycles. The number of rotatable bonds is 4. The number of fused-ring (bicyclic) bond motifs is 1. The Labute approximate surface area is 103 Å². The van der Waals surface area contributed by atoms with E-state index in [4.69, 9.17) is 5.73 Å². The van der Waals surface area contributed by atoms with E-state index in [9.17, 15) is 4.79 Å². The lowest BCUT2D eigenvalue weighted by molar-refractivity contribution is -0.117. The van der Waals surface area contributed by atoms with Gasteiger partial charge in [0, 0.05) is 23.9 Å².